The SMILES string of the molecule is F/C(=C/c1ccc(Br)cc1)c1ccccc1-c1ccccn1. The second kappa shape index (κ2) is 6.67. The molecule has 0 fully saturated rings. The standard InChI is InChI=1S/C19H13BrFN/c20-15-10-8-14(9-11-15)13-18(21)16-5-1-2-6-17(16)19-7-3-4-12-22-19/h1-13H/b18-13+. The lowest BCUT2D eigenvalue weighted by Gasteiger charge is -2.07. The van der Waals surface area contributed by atoms with Crippen LogP contribution >= 0.6 is 15.9 Å². The van der Waals surface area contributed by atoms with E-state index in [-0.39, 0.29) is 5.83 Å². The molecule has 0 aliphatic carbocycles. The van der Waals surface area contributed by atoms with Gasteiger partial charge in [-0.3, -0.25) is 4.98 Å². The fraction of sp³-hybridized carbons (Fsp3) is 0. The third kappa shape index (κ3) is 3.31. The van der Waals surface area contributed by atoms with Crippen molar-refractivity contribution in [1.29, 1.82) is 0 Å². The first-order valence-corrected chi connectivity index (χ1v) is 7.67. The Morgan fingerprint density at radius 1 is 0.909 bits per heavy atom. The average Bonchev–Trinajstić information content (AvgIpc) is 2.58. The third-order valence-electron chi connectivity index (χ3n) is 3.29. The van der Waals surface area contributed by atoms with Gasteiger partial charge in [-0.2, -0.15) is 0 Å². The molecule has 0 aliphatic heterocycles. The highest BCUT2D eigenvalue weighted by Gasteiger charge is 2.09. The topological polar surface area (TPSA) is 12.9 Å². The zero-order valence-electron chi connectivity index (χ0n) is 11.7. The highest BCUT2D eigenvalue weighted by molar-refractivity contribution is 9.10. The normalized spacial score (nSPS) is 11.5. The number of aromatic nitrogens is 1. The van der Waals surface area contributed by atoms with Crippen molar-refractivity contribution < 1.29 is 4.39 Å². The van der Waals surface area contributed by atoms with Crippen molar-refractivity contribution in [3.63, 3.8) is 0 Å². The second-order valence-corrected chi connectivity index (χ2v) is 5.72. The molecule has 22 heavy (non-hydrogen) atoms. The summed E-state index contributed by atoms with van der Waals surface area (Å²) in [6, 6.07) is 20.5. The molecule has 3 aromatic rings. The summed E-state index contributed by atoms with van der Waals surface area (Å²) in [5.74, 6) is -0.274. The van der Waals surface area contributed by atoms with Gasteiger partial charge in [0.15, 0.2) is 0 Å². The van der Waals surface area contributed by atoms with Crippen LogP contribution in [0.5, 0.6) is 0 Å². The molecule has 0 amide bonds. The van der Waals surface area contributed by atoms with Gasteiger partial charge < -0.3 is 0 Å². The fourth-order valence-corrected chi connectivity index (χ4v) is 2.48. The van der Waals surface area contributed by atoms with E-state index in [1.165, 1.54) is 6.08 Å². The molecular formula is C19H13BrFN. The van der Waals surface area contributed by atoms with E-state index in [9.17, 15) is 4.39 Å². The van der Waals surface area contributed by atoms with Gasteiger partial charge in [-0.25, -0.2) is 4.39 Å². The van der Waals surface area contributed by atoms with Crippen LogP contribution in [0.4, 0.5) is 4.39 Å². The zero-order chi connectivity index (χ0) is 15.4. The molecule has 0 bridgehead atoms. The first-order chi connectivity index (χ1) is 10.7. The number of halogens is 2. The predicted molar refractivity (Wildman–Crippen MR) is 92.8 cm³/mol. The second-order valence-electron chi connectivity index (χ2n) is 4.80. The van der Waals surface area contributed by atoms with Crippen molar-refractivity contribution in [2.75, 3.05) is 0 Å². The summed E-state index contributed by atoms with van der Waals surface area (Å²) in [4.78, 5) is 4.31. The van der Waals surface area contributed by atoms with Crippen molar-refractivity contribution in [2.45, 2.75) is 0 Å². The largest absolute Gasteiger partial charge is 0.256 e. The minimum atomic E-state index is -0.274. The van der Waals surface area contributed by atoms with E-state index in [0.29, 0.717) is 5.56 Å². The number of hydrogen-bond acceptors (Lipinski definition) is 1. The molecule has 2 aromatic carbocycles. The Bertz CT molecular complexity index is 795. The lowest BCUT2D eigenvalue weighted by atomic mass is 10.0. The monoisotopic (exact) mass is 353 g/mol. The molecule has 1 nitrogen and oxygen atoms in total. The van der Waals surface area contributed by atoms with Crippen molar-refractivity contribution >= 4 is 27.8 Å². The van der Waals surface area contributed by atoms with Crippen LogP contribution in [0.2, 0.25) is 0 Å². The quantitative estimate of drug-likeness (QED) is 0.528. The molecule has 0 aliphatic rings. The Morgan fingerprint density at radius 2 is 1.64 bits per heavy atom. The fourth-order valence-electron chi connectivity index (χ4n) is 2.22. The number of rotatable bonds is 3. The summed E-state index contributed by atoms with van der Waals surface area (Å²) >= 11 is 3.38. The molecule has 0 unspecified atom stereocenters. The highest BCUT2D eigenvalue weighted by Crippen LogP contribution is 2.29. The van der Waals surface area contributed by atoms with E-state index in [0.717, 1.165) is 21.3 Å². The van der Waals surface area contributed by atoms with Gasteiger partial charge in [0.1, 0.15) is 5.83 Å². The Balaban J connectivity index is 2.03. The van der Waals surface area contributed by atoms with Crippen molar-refractivity contribution in [2.24, 2.45) is 0 Å². The highest BCUT2D eigenvalue weighted by atomic mass is 79.9. The molecule has 1 aromatic heterocycles. The molecule has 0 radical (unpaired) electrons. The molecule has 0 spiro atoms. The van der Waals surface area contributed by atoms with E-state index in [1.54, 1.807) is 12.3 Å². The molecule has 108 valence electrons. The molecule has 0 saturated heterocycles. The van der Waals surface area contributed by atoms with Gasteiger partial charge in [-0.05, 0) is 35.9 Å². The van der Waals surface area contributed by atoms with Crippen LogP contribution in [0.25, 0.3) is 23.2 Å². The number of pyridine rings is 1. The van der Waals surface area contributed by atoms with E-state index in [1.807, 2.05) is 60.7 Å². The first kappa shape index (κ1) is 14.7. The smallest absolute Gasteiger partial charge is 0.131 e. The predicted octanol–water partition coefficient (Wildman–Crippen LogP) is 5.98. The summed E-state index contributed by atoms with van der Waals surface area (Å²) in [6.45, 7) is 0. The minimum absolute atomic E-state index is 0.274. The maximum absolute atomic E-state index is 14.7. The van der Waals surface area contributed by atoms with Crippen molar-refractivity contribution in [3.8, 4) is 11.3 Å². The maximum atomic E-state index is 14.7. The minimum Gasteiger partial charge on any atom is -0.256 e. The van der Waals surface area contributed by atoms with E-state index >= 15 is 0 Å². The molecular weight excluding hydrogens is 341 g/mol. The van der Waals surface area contributed by atoms with Gasteiger partial charge in [-0.15, -0.1) is 0 Å². The van der Waals surface area contributed by atoms with Crippen molar-refractivity contribution in [3.05, 3.63) is 88.5 Å². The van der Waals surface area contributed by atoms with Crippen LogP contribution in [0.3, 0.4) is 0 Å². The number of nitrogens with zero attached hydrogens (tertiary/aromatic N) is 1. The van der Waals surface area contributed by atoms with E-state index < -0.39 is 0 Å². The van der Waals surface area contributed by atoms with Gasteiger partial charge in [0.05, 0.1) is 5.69 Å². The first-order valence-electron chi connectivity index (χ1n) is 6.87. The Morgan fingerprint density at radius 3 is 2.36 bits per heavy atom. The summed E-state index contributed by atoms with van der Waals surface area (Å²) < 4.78 is 15.7. The van der Waals surface area contributed by atoms with Gasteiger partial charge in [-0.1, -0.05) is 58.4 Å². The lowest BCUT2D eigenvalue weighted by Crippen LogP contribution is -1.88. The van der Waals surface area contributed by atoms with Gasteiger partial charge in [0.2, 0.25) is 0 Å². The Hall–Kier alpha value is -2.26. The lowest BCUT2D eigenvalue weighted by molar-refractivity contribution is 0.765. The average molecular weight is 354 g/mol. The van der Waals surface area contributed by atoms with Gasteiger partial charge in [0.25, 0.3) is 0 Å². The Labute approximate surface area is 137 Å². The van der Waals surface area contributed by atoms with Crippen LogP contribution in [0.15, 0.2) is 77.4 Å². The van der Waals surface area contributed by atoms with Crippen LogP contribution in [0.1, 0.15) is 11.1 Å². The van der Waals surface area contributed by atoms with Crippen LogP contribution in [0, 0.1) is 0 Å². The number of benzene rings is 2. The van der Waals surface area contributed by atoms with Crippen molar-refractivity contribution in [1.82, 2.24) is 4.98 Å². The van der Waals surface area contributed by atoms with E-state index in [2.05, 4.69) is 20.9 Å². The van der Waals surface area contributed by atoms with Gasteiger partial charge >= 0.3 is 0 Å². The zero-order valence-corrected chi connectivity index (χ0v) is 13.3. The molecule has 3 heteroatoms. The molecule has 1 heterocycles. The number of hydrogen-bond donors (Lipinski definition) is 0. The Kier molecular flexibility index (Phi) is 4.45. The van der Waals surface area contributed by atoms with Gasteiger partial charge in [0, 0.05) is 21.8 Å². The summed E-state index contributed by atoms with van der Waals surface area (Å²) in [5.41, 5.74) is 2.91. The van der Waals surface area contributed by atoms with E-state index in [4.69, 9.17) is 0 Å². The molecule has 3 rings (SSSR count). The summed E-state index contributed by atoms with van der Waals surface area (Å²) in [5, 5.41) is 0. The third-order valence-corrected chi connectivity index (χ3v) is 3.82. The summed E-state index contributed by atoms with van der Waals surface area (Å²) in [6.07, 6.45) is 3.25. The molecule has 0 saturated carbocycles. The van der Waals surface area contributed by atoms with Crippen LogP contribution < -0.4 is 0 Å². The summed E-state index contributed by atoms with van der Waals surface area (Å²) in [7, 11) is 0. The molecule has 0 N–H and O–H groups in total. The van der Waals surface area contributed by atoms with Crippen LogP contribution in [-0.4, -0.2) is 4.98 Å². The van der Waals surface area contributed by atoms with Crippen LogP contribution in [-0.2, 0) is 0 Å². The molecule has 0 atom stereocenters. The maximum Gasteiger partial charge on any atom is 0.131 e.